The second-order valence-electron chi connectivity index (χ2n) is 6.25. The number of nitrogens with one attached hydrogen (secondary N) is 2. The van der Waals surface area contributed by atoms with Crippen LogP contribution in [0.5, 0.6) is 11.5 Å². The third-order valence-corrected chi connectivity index (χ3v) is 5.17. The number of thiophene rings is 1. The van der Waals surface area contributed by atoms with E-state index >= 15 is 0 Å². The molecular formula is C22H22N2O4S. The van der Waals surface area contributed by atoms with Gasteiger partial charge >= 0.3 is 0 Å². The number of anilines is 1. The summed E-state index contributed by atoms with van der Waals surface area (Å²) in [5, 5.41) is 7.52. The number of amides is 2. The molecule has 1 heterocycles. The minimum atomic E-state index is -0.736. The maximum absolute atomic E-state index is 13.0. The van der Waals surface area contributed by atoms with Crippen molar-refractivity contribution in [3.63, 3.8) is 0 Å². The molecule has 0 aliphatic heterocycles. The van der Waals surface area contributed by atoms with E-state index in [4.69, 9.17) is 9.47 Å². The summed E-state index contributed by atoms with van der Waals surface area (Å²) in [6.45, 7) is 0. The molecule has 7 heteroatoms. The first kappa shape index (κ1) is 20.4. The summed E-state index contributed by atoms with van der Waals surface area (Å²) in [5.74, 6) is 0.485. The van der Waals surface area contributed by atoms with Crippen molar-refractivity contribution in [3.8, 4) is 11.5 Å². The van der Waals surface area contributed by atoms with Gasteiger partial charge in [-0.15, -0.1) is 11.3 Å². The largest absolute Gasteiger partial charge is 0.493 e. The molecule has 0 bridgehead atoms. The molecule has 2 amide bonds. The highest BCUT2D eigenvalue weighted by molar-refractivity contribution is 7.12. The van der Waals surface area contributed by atoms with Crippen LogP contribution in [0, 0.1) is 0 Å². The van der Waals surface area contributed by atoms with Gasteiger partial charge in [0.15, 0.2) is 11.5 Å². The Balaban J connectivity index is 1.78. The zero-order valence-corrected chi connectivity index (χ0v) is 17.0. The van der Waals surface area contributed by atoms with E-state index in [2.05, 4.69) is 10.6 Å². The highest BCUT2D eigenvalue weighted by Gasteiger charge is 2.23. The van der Waals surface area contributed by atoms with Gasteiger partial charge in [-0.2, -0.15) is 0 Å². The Hall–Kier alpha value is -3.32. The predicted molar refractivity (Wildman–Crippen MR) is 114 cm³/mol. The van der Waals surface area contributed by atoms with Gasteiger partial charge in [0.25, 0.3) is 5.91 Å². The van der Waals surface area contributed by atoms with Gasteiger partial charge < -0.3 is 20.1 Å². The molecule has 150 valence electrons. The SMILES string of the molecule is COc1ccc(NC(=O)[C@H](Cc2ccccc2)NC(=O)c2cccs2)cc1OC. The van der Waals surface area contributed by atoms with Crippen molar-refractivity contribution >= 4 is 28.8 Å². The Kier molecular flexibility index (Phi) is 6.86. The molecule has 6 nitrogen and oxygen atoms in total. The number of hydrogen-bond acceptors (Lipinski definition) is 5. The molecule has 0 radical (unpaired) electrons. The summed E-state index contributed by atoms with van der Waals surface area (Å²) < 4.78 is 10.5. The summed E-state index contributed by atoms with van der Waals surface area (Å²) >= 11 is 1.33. The summed E-state index contributed by atoms with van der Waals surface area (Å²) in [6.07, 6.45) is 0.372. The quantitative estimate of drug-likeness (QED) is 0.593. The molecule has 0 unspecified atom stereocenters. The Morgan fingerprint density at radius 3 is 2.38 bits per heavy atom. The summed E-state index contributed by atoms with van der Waals surface area (Å²) in [4.78, 5) is 26.1. The lowest BCUT2D eigenvalue weighted by Crippen LogP contribution is -2.45. The fraction of sp³-hybridized carbons (Fsp3) is 0.182. The number of rotatable bonds is 8. The van der Waals surface area contributed by atoms with Gasteiger partial charge in [0.1, 0.15) is 6.04 Å². The van der Waals surface area contributed by atoms with Crippen LogP contribution in [0.3, 0.4) is 0 Å². The van der Waals surface area contributed by atoms with E-state index in [1.807, 2.05) is 35.7 Å². The van der Waals surface area contributed by atoms with Gasteiger partial charge in [-0.1, -0.05) is 36.4 Å². The topological polar surface area (TPSA) is 76.7 Å². The van der Waals surface area contributed by atoms with Crippen molar-refractivity contribution in [2.75, 3.05) is 19.5 Å². The molecule has 1 atom stereocenters. The van der Waals surface area contributed by atoms with E-state index in [0.29, 0.717) is 28.5 Å². The first-order valence-electron chi connectivity index (χ1n) is 9.02. The Morgan fingerprint density at radius 2 is 1.72 bits per heavy atom. The zero-order chi connectivity index (χ0) is 20.6. The third-order valence-electron chi connectivity index (χ3n) is 4.30. The molecule has 0 aliphatic carbocycles. The second-order valence-corrected chi connectivity index (χ2v) is 7.20. The van der Waals surface area contributed by atoms with E-state index < -0.39 is 6.04 Å². The van der Waals surface area contributed by atoms with E-state index in [9.17, 15) is 9.59 Å². The second kappa shape index (κ2) is 9.75. The molecule has 0 aliphatic rings. The maximum atomic E-state index is 13.0. The fourth-order valence-electron chi connectivity index (χ4n) is 2.84. The molecule has 0 saturated heterocycles. The third kappa shape index (κ3) is 5.36. The Bertz CT molecular complexity index is 958. The number of carbonyl (C=O) groups is 2. The standard InChI is InChI=1S/C22H22N2O4S/c1-27-18-11-10-16(14-19(18)28-2)23-21(25)17(13-15-7-4-3-5-8-15)24-22(26)20-9-6-12-29-20/h3-12,14,17H,13H2,1-2H3,(H,23,25)(H,24,26)/t17-/m0/s1. The predicted octanol–water partition coefficient (Wildman–Crippen LogP) is 3.75. The minimum Gasteiger partial charge on any atom is -0.493 e. The van der Waals surface area contributed by atoms with Gasteiger partial charge in [0.05, 0.1) is 19.1 Å². The monoisotopic (exact) mass is 410 g/mol. The van der Waals surface area contributed by atoms with Gasteiger partial charge in [0.2, 0.25) is 5.91 Å². The first-order chi connectivity index (χ1) is 14.1. The molecular weight excluding hydrogens is 388 g/mol. The van der Waals surface area contributed by atoms with Gasteiger partial charge in [0, 0.05) is 18.2 Å². The lowest BCUT2D eigenvalue weighted by atomic mass is 10.0. The minimum absolute atomic E-state index is 0.275. The molecule has 0 spiro atoms. The fourth-order valence-corrected chi connectivity index (χ4v) is 3.47. The van der Waals surface area contributed by atoms with Crippen molar-refractivity contribution in [3.05, 3.63) is 76.5 Å². The van der Waals surface area contributed by atoms with Crippen molar-refractivity contribution < 1.29 is 19.1 Å². The number of hydrogen-bond donors (Lipinski definition) is 2. The summed E-state index contributed by atoms with van der Waals surface area (Å²) in [7, 11) is 3.08. The van der Waals surface area contributed by atoms with Crippen LogP contribution < -0.4 is 20.1 Å². The number of carbonyl (C=O) groups excluding carboxylic acids is 2. The van der Waals surface area contributed by atoms with Crippen molar-refractivity contribution in [2.24, 2.45) is 0 Å². The van der Waals surface area contributed by atoms with E-state index in [0.717, 1.165) is 5.56 Å². The van der Waals surface area contributed by atoms with Crippen LogP contribution in [0.4, 0.5) is 5.69 Å². The first-order valence-corrected chi connectivity index (χ1v) is 9.90. The van der Waals surface area contributed by atoms with E-state index in [1.54, 1.807) is 37.4 Å². The lowest BCUT2D eigenvalue weighted by Gasteiger charge is -2.19. The normalized spacial score (nSPS) is 11.4. The average Bonchev–Trinajstić information content (AvgIpc) is 3.29. The number of ether oxygens (including phenoxy) is 2. The average molecular weight is 410 g/mol. The van der Waals surface area contributed by atoms with Crippen LogP contribution in [0.25, 0.3) is 0 Å². The Labute approximate surface area is 173 Å². The van der Waals surface area contributed by atoms with Crippen LogP contribution in [0.15, 0.2) is 66.0 Å². The van der Waals surface area contributed by atoms with E-state index in [-0.39, 0.29) is 11.8 Å². The zero-order valence-electron chi connectivity index (χ0n) is 16.2. The molecule has 2 aromatic carbocycles. The van der Waals surface area contributed by atoms with Crippen LogP contribution in [-0.2, 0) is 11.2 Å². The highest BCUT2D eigenvalue weighted by Crippen LogP contribution is 2.29. The molecule has 29 heavy (non-hydrogen) atoms. The van der Waals surface area contributed by atoms with Crippen molar-refractivity contribution in [1.29, 1.82) is 0 Å². The summed E-state index contributed by atoms with van der Waals surface area (Å²) in [6, 6.07) is 17.5. The molecule has 1 aromatic heterocycles. The van der Waals surface area contributed by atoms with Crippen molar-refractivity contribution in [2.45, 2.75) is 12.5 Å². The van der Waals surface area contributed by atoms with Crippen LogP contribution in [-0.4, -0.2) is 32.1 Å². The van der Waals surface area contributed by atoms with E-state index in [1.165, 1.54) is 18.4 Å². The molecule has 0 saturated carbocycles. The van der Waals surface area contributed by atoms with Gasteiger partial charge in [-0.05, 0) is 29.1 Å². The van der Waals surface area contributed by atoms with Gasteiger partial charge in [-0.3, -0.25) is 9.59 Å². The molecule has 0 fully saturated rings. The van der Waals surface area contributed by atoms with Crippen LogP contribution in [0.2, 0.25) is 0 Å². The highest BCUT2D eigenvalue weighted by atomic mass is 32.1. The smallest absolute Gasteiger partial charge is 0.262 e. The summed E-state index contributed by atoms with van der Waals surface area (Å²) in [5.41, 5.74) is 1.50. The van der Waals surface area contributed by atoms with Crippen molar-refractivity contribution in [1.82, 2.24) is 5.32 Å². The molecule has 2 N–H and O–H groups in total. The maximum Gasteiger partial charge on any atom is 0.262 e. The van der Waals surface area contributed by atoms with Gasteiger partial charge in [-0.25, -0.2) is 0 Å². The molecule has 3 rings (SSSR count). The van der Waals surface area contributed by atoms with Crippen LogP contribution >= 0.6 is 11.3 Å². The lowest BCUT2D eigenvalue weighted by molar-refractivity contribution is -0.118. The van der Waals surface area contributed by atoms with Crippen LogP contribution in [0.1, 0.15) is 15.2 Å². The number of benzene rings is 2. The number of methoxy groups -OCH3 is 2. The Morgan fingerprint density at radius 1 is 0.966 bits per heavy atom. The molecule has 3 aromatic rings.